The molecule has 1 saturated heterocycles. The first-order valence-electron chi connectivity index (χ1n) is 5.79. The van der Waals surface area contributed by atoms with Crippen LogP contribution < -0.4 is 5.73 Å². The lowest BCUT2D eigenvalue weighted by atomic mass is 9.95. The normalized spacial score (nSPS) is 24.0. The maximum absolute atomic E-state index is 11.8. The van der Waals surface area contributed by atoms with Gasteiger partial charge < -0.3 is 10.6 Å². The molecule has 4 heteroatoms. The van der Waals surface area contributed by atoms with Crippen LogP contribution in [0.5, 0.6) is 0 Å². The van der Waals surface area contributed by atoms with Crippen LogP contribution in [0.1, 0.15) is 11.5 Å². The average Bonchev–Trinajstić information content (AvgIpc) is 2.73. The van der Waals surface area contributed by atoms with Gasteiger partial charge in [0.05, 0.1) is 5.75 Å². The van der Waals surface area contributed by atoms with Crippen molar-refractivity contribution in [1.29, 1.82) is 0 Å². The second-order valence-electron chi connectivity index (χ2n) is 4.41. The summed E-state index contributed by atoms with van der Waals surface area (Å²) in [5, 5.41) is 0. The number of hydrogen-bond acceptors (Lipinski definition) is 3. The molecule has 1 aromatic carbocycles. The summed E-state index contributed by atoms with van der Waals surface area (Å²) in [5.74, 6) is 1.03. The van der Waals surface area contributed by atoms with Crippen molar-refractivity contribution in [2.45, 2.75) is 12.0 Å². The van der Waals surface area contributed by atoms with Crippen molar-refractivity contribution in [1.82, 2.24) is 4.90 Å². The van der Waals surface area contributed by atoms with E-state index in [1.165, 1.54) is 5.56 Å². The molecule has 1 heterocycles. The largest absolute Gasteiger partial charge is 0.340 e. The van der Waals surface area contributed by atoms with Gasteiger partial charge in [0, 0.05) is 25.0 Å². The molecule has 2 rings (SSSR count). The van der Waals surface area contributed by atoms with Crippen LogP contribution in [0.15, 0.2) is 30.3 Å². The Hall–Kier alpha value is -1.00. The van der Waals surface area contributed by atoms with E-state index in [2.05, 4.69) is 12.1 Å². The van der Waals surface area contributed by atoms with E-state index < -0.39 is 0 Å². The Balaban J connectivity index is 2.05. The summed E-state index contributed by atoms with van der Waals surface area (Å²) in [7, 11) is 0. The first-order chi connectivity index (χ1) is 8.22. The first-order valence-corrected chi connectivity index (χ1v) is 7.19. The van der Waals surface area contributed by atoms with Crippen LogP contribution >= 0.6 is 11.8 Å². The molecule has 2 N–H and O–H groups in total. The maximum Gasteiger partial charge on any atom is 0.232 e. The van der Waals surface area contributed by atoms with Gasteiger partial charge in [-0.1, -0.05) is 30.3 Å². The van der Waals surface area contributed by atoms with E-state index in [0.29, 0.717) is 12.3 Å². The Morgan fingerprint density at radius 2 is 2.12 bits per heavy atom. The molecule has 0 bridgehead atoms. The predicted molar refractivity (Wildman–Crippen MR) is 72.1 cm³/mol. The van der Waals surface area contributed by atoms with E-state index in [1.807, 2.05) is 29.4 Å². The number of nitrogens with zero attached hydrogens (tertiary/aromatic N) is 1. The van der Waals surface area contributed by atoms with Crippen molar-refractivity contribution in [3.63, 3.8) is 0 Å². The van der Waals surface area contributed by atoms with Gasteiger partial charge in [-0.3, -0.25) is 4.79 Å². The molecular weight excluding hydrogens is 232 g/mol. The molecule has 1 aliphatic rings. The van der Waals surface area contributed by atoms with Crippen LogP contribution in [0.2, 0.25) is 0 Å². The lowest BCUT2D eigenvalue weighted by Crippen LogP contribution is -2.33. The van der Waals surface area contributed by atoms with Gasteiger partial charge in [-0.05, 0) is 11.8 Å². The number of benzene rings is 1. The fourth-order valence-corrected chi connectivity index (χ4v) is 2.73. The summed E-state index contributed by atoms with van der Waals surface area (Å²) in [6.45, 7) is 1.43. The minimum Gasteiger partial charge on any atom is -0.340 e. The third-order valence-electron chi connectivity index (χ3n) is 3.21. The summed E-state index contributed by atoms with van der Waals surface area (Å²) in [6.07, 6.45) is 1.95. The maximum atomic E-state index is 11.8. The molecule has 0 aliphatic carbocycles. The van der Waals surface area contributed by atoms with Gasteiger partial charge in [-0.2, -0.15) is 11.8 Å². The third kappa shape index (κ3) is 2.82. The van der Waals surface area contributed by atoms with Crippen LogP contribution in [-0.4, -0.2) is 41.9 Å². The van der Waals surface area contributed by atoms with Gasteiger partial charge >= 0.3 is 0 Å². The number of carbonyl (C=O) groups excluding carboxylic acids is 1. The number of rotatable bonds is 3. The van der Waals surface area contributed by atoms with E-state index in [0.717, 1.165) is 6.54 Å². The summed E-state index contributed by atoms with van der Waals surface area (Å²) in [6, 6.07) is 10.3. The fourth-order valence-electron chi connectivity index (χ4n) is 2.30. The summed E-state index contributed by atoms with van der Waals surface area (Å²) >= 11 is 1.56. The molecule has 1 aliphatic heterocycles. The first kappa shape index (κ1) is 12.5. The van der Waals surface area contributed by atoms with Crippen molar-refractivity contribution in [3.8, 4) is 0 Å². The smallest absolute Gasteiger partial charge is 0.232 e. The van der Waals surface area contributed by atoms with Crippen LogP contribution in [-0.2, 0) is 4.79 Å². The molecule has 0 spiro atoms. The molecule has 92 valence electrons. The number of carbonyl (C=O) groups is 1. The monoisotopic (exact) mass is 250 g/mol. The molecule has 0 unspecified atom stereocenters. The number of nitrogens with two attached hydrogens (primary N) is 1. The molecule has 0 saturated carbocycles. The zero-order chi connectivity index (χ0) is 12.3. The summed E-state index contributed by atoms with van der Waals surface area (Å²) < 4.78 is 0. The highest BCUT2D eigenvalue weighted by atomic mass is 32.2. The molecular formula is C13H18N2OS. The van der Waals surface area contributed by atoms with E-state index in [4.69, 9.17) is 5.73 Å². The lowest BCUT2D eigenvalue weighted by molar-refractivity contribution is -0.127. The van der Waals surface area contributed by atoms with Crippen molar-refractivity contribution in [2.75, 3.05) is 25.1 Å². The number of likely N-dealkylation sites (tertiary alicyclic amines) is 1. The highest BCUT2D eigenvalue weighted by Crippen LogP contribution is 2.26. The number of amides is 1. The predicted octanol–water partition coefficient (Wildman–Crippen LogP) is 1.30. The molecule has 0 radical (unpaired) electrons. The van der Waals surface area contributed by atoms with Crippen LogP contribution in [0.3, 0.4) is 0 Å². The number of thioether (sulfide) groups is 1. The van der Waals surface area contributed by atoms with Crippen LogP contribution in [0.4, 0.5) is 0 Å². The summed E-state index contributed by atoms with van der Waals surface area (Å²) in [5.41, 5.74) is 7.37. The standard InChI is InChI=1S/C13H18N2OS/c1-17-9-13(16)15-7-11(12(14)8-15)10-5-3-2-4-6-10/h2-6,11-12H,7-9,14H2,1H3/t11-,12+/m0/s1. The highest BCUT2D eigenvalue weighted by Gasteiger charge is 2.33. The Labute approximate surface area is 106 Å². The zero-order valence-corrected chi connectivity index (χ0v) is 10.8. The van der Waals surface area contributed by atoms with Crippen LogP contribution in [0.25, 0.3) is 0 Å². The van der Waals surface area contributed by atoms with Crippen molar-refractivity contribution >= 4 is 17.7 Å². The van der Waals surface area contributed by atoms with E-state index >= 15 is 0 Å². The molecule has 1 fully saturated rings. The Bertz CT molecular complexity index is 382. The van der Waals surface area contributed by atoms with Gasteiger partial charge in [0.1, 0.15) is 0 Å². The SMILES string of the molecule is CSCC(=O)N1C[C@@H](N)[C@H](c2ccccc2)C1. The third-order valence-corrected chi connectivity index (χ3v) is 3.75. The van der Waals surface area contributed by atoms with Gasteiger partial charge in [-0.25, -0.2) is 0 Å². The molecule has 17 heavy (non-hydrogen) atoms. The summed E-state index contributed by atoms with van der Waals surface area (Å²) in [4.78, 5) is 13.7. The Kier molecular flexibility index (Phi) is 4.07. The second-order valence-corrected chi connectivity index (χ2v) is 5.28. The second kappa shape index (κ2) is 5.56. The van der Waals surface area contributed by atoms with Crippen molar-refractivity contribution in [2.24, 2.45) is 5.73 Å². The molecule has 1 aromatic rings. The van der Waals surface area contributed by atoms with Crippen molar-refractivity contribution < 1.29 is 4.79 Å². The van der Waals surface area contributed by atoms with Gasteiger partial charge in [-0.15, -0.1) is 0 Å². The average molecular weight is 250 g/mol. The van der Waals surface area contributed by atoms with Crippen LogP contribution in [0, 0.1) is 0 Å². The Morgan fingerprint density at radius 1 is 1.41 bits per heavy atom. The quantitative estimate of drug-likeness (QED) is 0.879. The molecule has 0 aromatic heterocycles. The highest BCUT2D eigenvalue weighted by molar-refractivity contribution is 7.99. The van der Waals surface area contributed by atoms with Crippen molar-refractivity contribution in [3.05, 3.63) is 35.9 Å². The van der Waals surface area contributed by atoms with E-state index in [9.17, 15) is 4.79 Å². The molecule has 3 nitrogen and oxygen atoms in total. The minimum absolute atomic E-state index is 0.0585. The zero-order valence-electron chi connectivity index (χ0n) is 10.0. The van der Waals surface area contributed by atoms with E-state index in [-0.39, 0.29) is 17.9 Å². The Morgan fingerprint density at radius 3 is 2.76 bits per heavy atom. The van der Waals surface area contributed by atoms with E-state index in [1.54, 1.807) is 11.8 Å². The topological polar surface area (TPSA) is 46.3 Å². The minimum atomic E-state index is 0.0585. The van der Waals surface area contributed by atoms with Gasteiger partial charge in [0.25, 0.3) is 0 Å². The lowest BCUT2D eigenvalue weighted by Gasteiger charge is -2.15. The van der Waals surface area contributed by atoms with Gasteiger partial charge in [0.2, 0.25) is 5.91 Å². The van der Waals surface area contributed by atoms with Gasteiger partial charge in [0.15, 0.2) is 0 Å². The number of hydrogen-bond donors (Lipinski definition) is 1. The molecule has 2 atom stereocenters. The fraction of sp³-hybridized carbons (Fsp3) is 0.462. The molecule has 1 amide bonds.